The summed E-state index contributed by atoms with van der Waals surface area (Å²) in [7, 11) is 0. The van der Waals surface area contributed by atoms with Crippen molar-refractivity contribution in [2.75, 3.05) is 5.32 Å². The van der Waals surface area contributed by atoms with E-state index >= 15 is 0 Å². The number of rotatable bonds is 5. The second-order valence-electron chi connectivity index (χ2n) is 5.57. The van der Waals surface area contributed by atoms with Gasteiger partial charge >= 0.3 is 0 Å². The molecule has 0 bridgehead atoms. The molecule has 1 aliphatic carbocycles. The monoisotopic (exact) mass is 311 g/mol. The van der Waals surface area contributed by atoms with Gasteiger partial charge in [0.2, 0.25) is 0 Å². The fourth-order valence-electron chi connectivity index (χ4n) is 2.55. The molecule has 1 N–H and O–H groups in total. The number of anilines is 1. The van der Waals surface area contributed by atoms with Crippen molar-refractivity contribution in [3.05, 3.63) is 53.0 Å². The SMILES string of the molecule is c1cc(NCc2cnc(C3CCC3)s2)cc(-n2cnnc2)c1. The van der Waals surface area contributed by atoms with Crippen LogP contribution in [0.2, 0.25) is 0 Å². The predicted molar refractivity (Wildman–Crippen MR) is 87.4 cm³/mol. The summed E-state index contributed by atoms with van der Waals surface area (Å²) < 4.78 is 1.90. The van der Waals surface area contributed by atoms with Gasteiger partial charge in [0.1, 0.15) is 12.7 Å². The summed E-state index contributed by atoms with van der Waals surface area (Å²) in [6, 6.07) is 8.24. The maximum absolute atomic E-state index is 4.57. The van der Waals surface area contributed by atoms with Gasteiger partial charge in [-0.3, -0.25) is 4.57 Å². The highest BCUT2D eigenvalue weighted by Gasteiger charge is 2.22. The van der Waals surface area contributed by atoms with Gasteiger partial charge in [-0.1, -0.05) is 12.5 Å². The van der Waals surface area contributed by atoms with Crippen molar-refractivity contribution in [2.45, 2.75) is 31.7 Å². The Morgan fingerprint density at radius 3 is 2.86 bits per heavy atom. The zero-order valence-corrected chi connectivity index (χ0v) is 13.0. The summed E-state index contributed by atoms with van der Waals surface area (Å²) in [5.41, 5.74) is 2.14. The van der Waals surface area contributed by atoms with Gasteiger partial charge in [-0.2, -0.15) is 0 Å². The molecule has 6 heteroatoms. The number of thiazole rings is 1. The van der Waals surface area contributed by atoms with Gasteiger partial charge in [-0.15, -0.1) is 21.5 Å². The summed E-state index contributed by atoms with van der Waals surface area (Å²) >= 11 is 1.84. The Morgan fingerprint density at radius 2 is 2.09 bits per heavy atom. The first kappa shape index (κ1) is 13.5. The van der Waals surface area contributed by atoms with Crippen LogP contribution in [0.25, 0.3) is 5.69 Å². The van der Waals surface area contributed by atoms with Crippen LogP contribution in [0.3, 0.4) is 0 Å². The van der Waals surface area contributed by atoms with E-state index in [1.54, 1.807) is 12.7 Å². The van der Waals surface area contributed by atoms with Crippen LogP contribution in [0.15, 0.2) is 43.1 Å². The Balaban J connectivity index is 1.43. The maximum Gasteiger partial charge on any atom is 0.123 e. The minimum atomic E-state index is 0.718. The molecule has 5 nitrogen and oxygen atoms in total. The molecule has 0 radical (unpaired) electrons. The Bertz CT molecular complexity index is 746. The second-order valence-corrected chi connectivity index (χ2v) is 6.71. The minimum Gasteiger partial charge on any atom is -0.380 e. The molecule has 112 valence electrons. The van der Waals surface area contributed by atoms with Crippen molar-refractivity contribution in [1.82, 2.24) is 19.7 Å². The largest absolute Gasteiger partial charge is 0.380 e. The molecule has 4 rings (SSSR count). The van der Waals surface area contributed by atoms with Crippen LogP contribution in [0, 0.1) is 0 Å². The van der Waals surface area contributed by atoms with Crippen LogP contribution < -0.4 is 5.32 Å². The van der Waals surface area contributed by atoms with Gasteiger partial charge in [-0.05, 0) is 31.0 Å². The number of nitrogens with one attached hydrogen (secondary N) is 1. The fraction of sp³-hybridized carbons (Fsp3) is 0.312. The van der Waals surface area contributed by atoms with Crippen molar-refractivity contribution < 1.29 is 0 Å². The van der Waals surface area contributed by atoms with Gasteiger partial charge in [0.05, 0.1) is 17.2 Å². The van der Waals surface area contributed by atoms with E-state index in [4.69, 9.17) is 0 Å². The first-order valence-corrected chi connectivity index (χ1v) is 8.34. The molecule has 1 aromatic carbocycles. The summed E-state index contributed by atoms with van der Waals surface area (Å²) in [6.45, 7) is 0.815. The summed E-state index contributed by atoms with van der Waals surface area (Å²) in [6.07, 6.45) is 9.38. The van der Waals surface area contributed by atoms with Gasteiger partial charge < -0.3 is 5.32 Å². The molecule has 2 aromatic heterocycles. The van der Waals surface area contributed by atoms with Crippen LogP contribution in [0.1, 0.15) is 35.1 Å². The molecule has 3 aromatic rings. The third-order valence-corrected chi connectivity index (χ3v) is 5.22. The molecule has 0 amide bonds. The summed E-state index contributed by atoms with van der Waals surface area (Å²) in [5.74, 6) is 0.718. The van der Waals surface area contributed by atoms with E-state index in [1.807, 2.05) is 34.2 Å². The van der Waals surface area contributed by atoms with Gasteiger partial charge in [0, 0.05) is 22.7 Å². The highest BCUT2D eigenvalue weighted by molar-refractivity contribution is 7.11. The minimum absolute atomic E-state index is 0.718. The number of aromatic nitrogens is 4. The third-order valence-electron chi connectivity index (χ3n) is 4.06. The predicted octanol–water partition coefficient (Wildman–Crippen LogP) is 3.60. The van der Waals surface area contributed by atoms with Gasteiger partial charge in [0.15, 0.2) is 0 Å². The maximum atomic E-state index is 4.57. The lowest BCUT2D eigenvalue weighted by Gasteiger charge is -2.22. The highest BCUT2D eigenvalue weighted by atomic mass is 32.1. The molecular formula is C16H17N5S. The molecule has 0 spiro atoms. The Morgan fingerprint density at radius 1 is 1.23 bits per heavy atom. The summed E-state index contributed by atoms with van der Waals surface area (Å²) in [4.78, 5) is 5.86. The molecular weight excluding hydrogens is 294 g/mol. The molecule has 1 fully saturated rings. The van der Waals surface area contributed by atoms with E-state index in [-0.39, 0.29) is 0 Å². The zero-order valence-electron chi connectivity index (χ0n) is 12.1. The molecule has 0 saturated heterocycles. The lowest BCUT2D eigenvalue weighted by Crippen LogP contribution is -2.07. The first-order valence-electron chi connectivity index (χ1n) is 7.52. The van der Waals surface area contributed by atoms with E-state index in [0.717, 1.165) is 23.8 Å². The Labute approximate surface area is 133 Å². The molecule has 22 heavy (non-hydrogen) atoms. The number of nitrogens with zero attached hydrogens (tertiary/aromatic N) is 4. The van der Waals surface area contributed by atoms with Crippen molar-refractivity contribution in [3.8, 4) is 5.69 Å². The van der Waals surface area contributed by atoms with Crippen molar-refractivity contribution in [1.29, 1.82) is 0 Å². The topological polar surface area (TPSA) is 55.6 Å². The molecule has 1 aliphatic rings. The Hall–Kier alpha value is -2.21. The third kappa shape index (κ3) is 2.74. The molecule has 2 heterocycles. The van der Waals surface area contributed by atoms with Crippen LogP contribution in [-0.2, 0) is 6.54 Å². The smallest absolute Gasteiger partial charge is 0.123 e. The Kier molecular flexibility index (Phi) is 3.60. The average Bonchev–Trinajstić information content (AvgIpc) is 3.15. The van der Waals surface area contributed by atoms with E-state index in [9.17, 15) is 0 Å². The normalized spacial score (nSPS) is 14.7. The van der Waals surface area contributed by atoms with Gasteiger partial charge in [0.25, 0.3) is 0 Å². The lowest BCUT2D eigenvalue weighted by atomic mass is 9.86. The summed E-state index contributed by atoms with van der Waals surface area (Å²) in [5, 5.41) is 12.5. The molecule has 0 unspecified atom stereocenters. The first-order chi connectivity index (χ1) is 10.9. The van der Waals surface area contributed by atoms with Crippen LogP contribution in [-0.4, -0.2) is 19.7 Å². The molecule has 0 atom stereocenters. The van der Waals surface area contributed by atoms with E-state index in [2.05, 4.69) is 32.6 Å². The van der Waals surface area contributed by atoms with E-state index in [1.165, 1.54) is 29.1 Å². The quantitative estimate of drug-likeness (QED) is 0.782. The lowest BCUT2D eigenvalue weighted by molar-refractivity contribution is 0.418. The van der Waals surface area contributed by atoms with Crippen molar-refractivity contribution >= 4 is 17.0 Å². The van der Waals surface area contributed by atoms with Crippen LogP contribution in [0.4, 0.5) is 5.69 Å². The van der Waals surface area contributed by atoms with E-state index in [0.29, 0.717) is 0 Å². The number of hydrogen-bond donors (Lipinski definition) is 1. The van der Waals surface area contributed by atoms with Crippen molar-refractivity contribution in [3.63, 3.8) is 0 Å². The number of benzene rings is 1. The van der Waals surface area contributed by atoms with E-state index < -0.39 is 0 Å². The van der Waals surface area contributed by atoms with Crippen molar-refractivity contribution in [2.24, 2.45) is 0 Å². The number of hydrogen-bond acceptors (Lipinski definition) is 5. The van der Waals surface area contributed by atoms with Gasteiger partial charge in [-0.25, -0.2) is 4.98 Å². The molecule has 1 saturated carbocycles. The standard InChI is InChI=1S/C16H17N5S/c1-3-12(4-1)16-18-9-15(22-16)8-17-13-5-2-6-14(7-13)21-10-19-20-11-21/h2,5-7,9-12,17H,1,3-4,8H2. The zero-order chi connectivity index (χ0) is 14.8. The average molecular weight is 311 g/mol. The second kappa shape index (κ2) is 5.88. The van der Waals surface area contributed by atoms with Crippen LogP contribution in [0.5, 0.6) is 0 Å². The fourth-order valence-corrected chi connectivity index (χ4v) is 3.57. The highest BCUT2D eigenvalue weighted by Crippen LogP contribution is 2.38. The molecule has 0 aliphatic heterocycles. The van der Waals surface area contributed by atoms with Crippen LogP contribution >= 0.6 is 11.3 Å².